The third-order valence-corrected chi connectivity index (χ3v) is 6.19. The summed E-state index contributed by atoms with van der Waals surface area (Å²) in [4.78, 5) is 24.1. The zero-order valence-corrected chi connectivity index (χ0v) is 13.7. The van der Waals surface area contributed by atoms with Crippen LogP contribution in [0.3, 0.4) is 0 Å². The Bertz CT molecular complexity index is 621. The molecule has 0 radical (unpaired) electrons. The van der Waals surface area contributed by atoms with Gasteiger partial charge in [0.05, 0.1) is 13.0 Å². The minimum Gasteiger partial charge on any atom is -0.481 e. The monoisotopic (exact) mass is 334 g/mol. The first-order chi connectivity index (χ1) is 9.68. The van der Waals surface area contributed by atoms with E-state index in [9.17, 15) is 18.0 Å². The lowest BCUT2D eigenvalue weighted by Gasteiger charge is -2.20. The fourth-order valence-electron chi connectivity index (χ4n) is 1.53. The first-order valence-corrected chi connectivity index (χ1v) is 8.45. The maximum Gasteiger partial charge on any atom is 0.308 e. The summed E-state index contributed by atoms with van der Waals surface area (Å²) in [6.45, 7) is 1.57. The summed E-state index contributed by atoms with van der Waals surface area (Å²) in [6.07, 6.45) is -0.219. The molecule has 0 saturated carbocycles. The summed E-state index contributed by atoms with van der Waals surface area (Å²) in [5.41, 5.74) is 0. The molecule has 118 valence electrons. The van der Waals surface area contributed by atoms with Crippen LogP contribution >= 0.6 is 11.3 Å². The Morgan fingerprint density at radius 2 is 1.90 bits per heavy atom. The second kappa shape index (κ2) is 7.01. The molecule has 0 aliphatic carbocycles. The van der Waals surface area contributed by atoms with Crippen molar-refractivity contribution in [2.75, 3.05) is 27.2 Å². The Kier molecular flexibility index (Phi) is 5.87. The topological polar surface area (TPSA) is 95.0 Å². The molecular weight excluding hydrogens is 316 g/mol. The van der Waals surface area contributed by atoms with Crippen LogP contribution in [0.5, 0.6) is 0 Å². The van der Waals surface area contributed by atoms with Crippen molar-refractivity contribution >= 4 is 33.2 Å². The van der Waals surface area contributed by atoms with E-state index in [2.05, 4.69) is 0 Å². The SMILES string of the molecule is CCN(CC(=O)N(C)C)S(=O)(=O)c1ccc(CC(=O)O)s1. The molecule has 0 aliphatic rings. The zero-order valence-electron chi connectivity index (χ0n) is 12.1. The lowest BCUT2D eigenvalue weighted by atomic mass is 10.3. The molecule has 1 amide bonds. The van der Waals surface area contributed by atoms with Crippen LogP contribution in [0, 0.1) is 0 Å². The van der Waals surface area contributed by atoms with Crippen LogP contribution in [0.1, 0.15) is 11.8 Å². The van der Waals surface area contributed by atoms with Crippen LogP contribution < -0.4 is 0 Å². The number of carboxylic acids is 1. The van der Waals surface area contributed by atoms with Crippen LogP contribution in [-0.4, -0.2) is 61.8 Å². The van der Waals surface area contributed by atoms with Gasteiger partial charge in [-0.05, 0) is 12.1 Å². The molecule has 21 heavy (non-hydrogen) atoms. The average molecular weight is 334 g/mol. The number of nitrogens with zero attached hydrogens (tertiary/aromatic N) is 2. The van der Waals surface area contributed by atoms with E-state index in [1.165, 1.54) is 17.0 Å². The van der Waals surface area contributed by atoms with Gasteiger partial charge in [-0.1, -0.05) is 6.92 Å². The smallest absolute Gasteiger partial charge is 0.308 e. The predicted octanol–water partition coefficient (Wildman–Crippen LogP) is 0.474. The lowest BCUT2D eigenvalue weighted by Crippen LogP contribution is -2.39. The number of amides is 1. The molecular formula is C12H18N2O5S2. The van der Waals surface area contributed by atoms with E-state index in [-0.39, 0.29) is 29.6 Å². The van der Waals surface area contributed by atoms with Gasteiger partial charge < -0.3 is 10.0 Å². The van der Waals surface area contributed by atoms with E-state index in [0.717, 1.165) is 15.6 Å². The van der Waals surface area contributed by atoms with E-state index in [4.69, 9.17) is 5.11 Å². The Hall–Kier alpha value is -1.45. The quantitative estimate of drug-likeness (QED) is 0.782. The third kappa shape index (κ3) is 4.51. The van der Waals surface area contributed by atoms with Gasteiger partial charge in [-0.25, -0.2) is 8.42 Å². The predicted molar refractivity (Wildman–Crippen MR) is 78.8 cm³/mol. The highest BCUT2D eigenvalue weighted by Gasteiger charge is 2.27. The first kappa shape index (κ1) is 17.6. The number of carbonyl (C=O) groups excluding carboxylic acids is 1. The van der Waals surface area contributed by atoms with Gasteiger partial charge in [0.2, 0.25) is 5.91 Å². The normalized spacial score (nSPS) is 11.6. The number of hydrogen-bond donors (Lipinski definition) is 1. The molecule has 0 atom stereocenters. The Balaban J connectivity index is 2.99. The number of thiophene rings is 1. The molecule has 1 aromatic heterocycles. The number of likely N-dealkylation sites (N-methyl/N-ethyl adjacent to an activating group) is 2. The lowest BCUT2D eigenvalue weighted by molar-refractivity contribution is -0.136. The van der Waals surface area contributed by atoms with Crippen molar-refractivity contribution in [2.45, 2.75) is 17.6 Å². The Morgan fingerprint density at radius 3 is 2.38 bits per heavy atom. The minimum absolute atomic E-state index is 0.0483. The highest BCUT2D eigenvalue weighted by molar-refractivity contribution is 7.91. The molecule has 1 aromatic rings. The number of sulfonamides is 1. The van der Waals surface area contributed by atoms with Gasteiger partial charge in [0.1, 0.15) is 4.21 Å². The highest BCUT2D eigenvalue weighted by Crippen LogP contribution is 2.25. The molecule has 7 nitrogen and oxygen atoms in total. The van der Waals surface area contributed by atoms with Crippen molar-refractivity contribution in [2.24, 2.45) is 0 Å². The van der Waals surface area contributed by atoms with Crippen molar-refractivity contribution in [1.82, 2.24) is 9.21 Å². The van der Waals surface area contributed by atoms with Gasteiger partial charge in [-0.2, -0.15) is 4.31 Å². The van der Waals surface area contributed by atoms with Crippen molar-refractivity contribution in [3.05, 3.63) is 17.0 Å². The van der Waals surface area contributed by atoms with Gasteiger partial charge >= 0.3 is 5.97 Å². The molecule has 9 heteroatoms. The molecule has 0 unspecified atom stereocenters. The molecule has 1 rings (SSSR count). The van der Waals surface area contributed by atoms with Crippen LogP contribution in [0.15, 0.2) is 16.3 Å². The molecule has 0 bridgehead atoms. The summed E-state index contributed by atoms with van der Waals surface area (Å²) >= 11 is 0.912. The van der Waals surface area contributed by atoms with Crippen LogP contribution in [0.25, 0.3) is 0 Å². The van der Waals surface area contributed by atoms with Gasteiger partial charge in [0, 0.05) is 25.5 Å². The largest absolute Gasteiger partial charge is 0.481 e. The van der Waals surface area contributed by atoms with E-state index in [0.29, 0.717) is 4.88 Å². The number of rotatable bonds is 7. The Morgan fingerprint density at radius 1 is 1.29 bits per heavy atom. The zero-order chi connectivity index (χ0) is 16.2. The fourth-order valence-corrected chi connectivity index (χ4v) is 4.43. The summed E-state index contributed by atoms with van der Waals surface area (Å²) in [5, 5.41) is 8.71. The van der Waals surface area contributed by atoms with Crippen molar-refractivity contribution in [1.29, 1.82) is 0 Å². The molecule has 0 spiro atoms. The first-order valence-electron chi connectivity index (χ1n) is 6.19. The summed E-state index contributed by atoms with van der Waals surface area (Å²) in [5.74, 6) is -1.33. The van der Waals surface area contributed by atoms with Crippen LogP contribution in [-0.2, 0) is 26.0 Å². The van der Waals surface area contributed by atoms with Crippen molar-refractivity contribution in [3.8, 4) is 0 Å². The van der Waals surface area contributed by atoms with Crippen LogP contribution in [0.2, 0.25) is 0 Å². The molecule has 1 N–H and O–H groups in total. The summed E-state index contributed by atoms with van der Waals surface area (Å²) in [7, 11) is -0.674. The van der Waals surface area contributed by atoms with Crippen LogP contribution in [0.4, 0.5) is 0 Å². The van der Waals surface area contributed by atoms with Gasteiger partial charge in [-0.15, -0.1) is 11.3 Å². The number of hydrogen-bond acceptors (Lipinski definition) is 5. The van der Waals surface area contributed by atoms with Gasteiger partial charge in [-0.3, -0.25) is 9.59 Å². The standard InChI is InChI=1S/C12H18N2O5S2/c1-4-14(8-10(15)13(2)3)21(18,19)12-6-5-9(20-12)7-11(16)17/h5-6H,4,7-8H2,1-3H3,(H,16,17). The molecule has 0 aliphatic heterocycles. The summed E-state index contributed by atoms with van der Waals surface area (Å²) in [6, 6.07) is 2.86. The van der Waals surface area contributed by atoms with E-state index >= 15 is 0 Å². The Labute approximate surface area is 127 Å². The van der Waals surface area contributed by atoms with Crippen molar-refractivity contribution in [3.63, 3.8) is 0 Å². The highest BCUT2D eigenvalue weighted by atomic mass is 32.2. The van der Waals surface area contributed by atoms with E-state index < -0.39 is 16.0 Å². The second-order valence-corrected chi connectivity index (χ2v) is 7.84. The third-order valence-electron chi connectivity index (χ3n) is 2.72. The molecule has 0 saturated heterocycles. The fraction of sp³-hybridized carbons (Fsp3) is 0.500. The maximum absolute atomic E-state index is 12.4. The minimum atomic E-state index is -3.78. The van der Waals surface area contributed by atoms with E-state index in [1.807, 2.05) is 0 Å². The average Bonchev–Trinajstić information content (AvgIpc) is 2.83. The summed E-state index contributed by atoms with van der Waals surface area (Å²) < 4.78 is 26.0. The number of carboxylic acid groups (broad SMARTS) is 1. The number of aliphatic carboxylic acids is 1. The molecule has 0 fully saturated rings. The number of carbonyl (C=O) groups is 2. The van der Waals surface area contributed by atoms with E-state index in [1.54, 1.807) is 21.0 Å². The molecule has 1 heterocycles. The molecule has 0 aromatic carbocycles. The maximum atomic E-state index is 12.4. The van der Waals surface area contributed by atoms with Crippen molar-refractivity contribution < 1.29 is 23.1 Å². The second-order valence-electron chi connectivity index (χ2n) is 4.51. The van der Waals surface area contributed by atoms with Gasteiger partial charge in [0.25, 0.3) is 10.0 Å². The van der Waals surface area contributed by atoms with Gasteiger partial charge in [0.15, 0.2) is 0 Å².